The van der Waals surface area contributed by atoms with Crippen molar-refractivity contribution in [3.05, 3.63) is 18.0 Å². The molecule has 0 aromatic carbocycles. The predicted octanol–water partition coefficient (Wildman–Crippen LogP) is 3.92. The summed E-state index contributed by atoms with van der Waals surface area (Å²) in [4.78, 5) is 0. The molecule has 3 heteroatoms. The fourth-order valence-electron chi connectivity index (χ4n) is 2.88. The smallest absolute Gasteiger partial charge is 0.0550 e. The van der Waals surface area contributed by atoms with Crippen LogP contribution >= 0.6 is 0 Å². The van der Waals surface area contributed by atoms with Gasteiger partial charge in [0.25, 0.3) is 0 Å². The van der Waals surface area contributed by atoms with E-state index in [-0.39, 0.29) is 0 Å². The molecule has 0 amide bonds. The van der Waals surface area contributed by atoms with E-state index in [9.17, 15) is 0 Å². The Morgan fingerprint density at radius 2 is 2.05 bits per heavy atom. The SMILES string of the molecule is CCCNC(CC(C)CC(C)(C)C)c1ccnn1C. The summed E-state index contributed by atoms with van der Waals surface area (Å²) < 4.78 is 2.00. The average molecular weight is 265 g/mol. The van der Waals surface area contributed by atoms with Crippen molar-refractivity contribution >= 4 is 0 Å². The molecule has 0 bridgehead atoms. The summed E-state index contributed by atoms with van der Waals surface area (Å²) in [5.41, 5.74) is 1.70. The van der Waals surface area contributed by atoms with Crippen molar-refractivity contribution in [3.63, 3.8) is 0 Å². The maximum atomic E-state index is 4.30. The van der Waals surface area contributed by atoms with Gasteiger partial charge in [-0.15, -0.1) is 0 Å². The number of nitrogens with one attached hydrogen (secondary N) is 1. The van der Waals surface area contributed by atoms with E-state index in [4.69, 9.17) is 0 Å². The van der Waals surface area contributed by atoms with Gasteiger partial charge in [0.05, 0.1) is 5.69 Å². The normalized spacial score (nSPS) is 15.5. The molecule has 0 aliphatic rings. The Hall–Kier alpha value is -0.830. The van der Waals surface area contributed by atoms with Gasteiger partial charge in [-0.2, -0.15) is 5.10 Å². The summed E-state index contributed by atoms with van der Waals surface area (Å²) in [6, 6.07) is 2.56. The third-order valence-electron chi connectivity index (χ3n) is 3.46. The first-order valence-corrected chi connectivity index (χ1v) is 7.54. The van der Waals surface area contributed by atoms with Crippen LogP contribution < -0.4 is 5.32 Å². The number of aromatic nitrogens is 2. The topological polar surface area (TPSA) is 29.9 Å². The molecule has 19 heavy (non-hydrogen) atoms. The van der Waals surface area contributed by atoms with Crippen LogP contribution in [0.5, 0.6) is 0 Å². The van der Waals surface area contributed by atoms with E-state index in [1.54, 1.807) is 0 Å². The van der Waals surface area contributed by atoms with Crippen LogP contribution in [0.3, 0.4) is 0 Å². The van der Waals surface area contributed by atoms with Gasteiger partial charge in [0.1, 0.15) is 0 Å². The van der Waals surface area contributed by atoms with Gasteiger partial charge < -0.3 is 5.32 Å². The molecule has 0 fully saturated rings. The summed E-state index contributed by atoms with van der Waals surface area (Å²) in [6.07, 6.45) is 5.50. The minimum atomic E-state index is 0.404. The van der Waals surface area contributed by atoms with E-state index in [1.165, 1.54) is 25.0 Å². The van der Waals surface area contributed by atoms with E-state index >= 15 is 0 Å². The molecule has 110 valence electrons. The summed E-state index contributed by atoms with van der Waals surface area (Å²) in [7, 11) is 2.03. The Morgan fingerprint density at radius 1 is 1.37 bits per heavy atom. The lowest BCUT2D eigenvalue weighted by Gasteiger charge is -2.27. The van der Waals surface area contributed by atoms with E-state index < -0.39 is 0 Å². The molecule has 3 nitrogen and oxygen atoms in total. The quantitative estimate of drug-likeness (QED) is 0.809. The Kier molecular flexibility index (Phi) is 6.05. The molecule has 1 heterocycles. The van der Waals surface area contributed by atoms with Crippen molar-refractivity contribution in [2.75, 3.05) is 6.54 Å². The number of hydrogen-bond donors (Lipinski definition) is 1. The van der Waals surface area contributed by atoms with Gasteiger partial charge in [0, 0.05) is 19.3 Å². The highest BCUT2D eigenvalue weighted by Gasteiger charge is 2.21. The van der Waals surface area contributed by atoms with Gasteiger partial charge >= 0.3 is 0 Å². The largest absolute Gasteiger partial charge is 0.309 e. The minimum Gasteiger partial charge on any atom is -0.309 e. The maximum Gasteiger partial charge on any atom is 0.0550 e. The van der Waals surface area contributed by atoms with Crippen molar-refractivity contribution < 1.29 is 0 Å². The van der Waals surface area contributed by atoms with Crippen LogP contribution in [0.15, 0.2) is 12.3 Å². The number of aryl methyl sites for hydroxylation is 1. The maximum absolute atomic E-state index is 4.30. The molecule has 0 aliphatic heterocycles. The average Bonchev–Trinajstić information content (AvgIpc) is 2.68. The van der Waals surface area contributed by atoms with E-state index in [1.807, 2.05) is 17.9 Å². The zero-order valence-electron chi connectivity index (χ0n) is 13.5. The lowest BCUT2D eigenvalue weighted by molar-refractivity contribution is 0.272. The Bertz CT molecular complexity index is 362. The molecule has 0 saturated carbocycles. The predicted molar refractivity (Wildman–Crippen MR) is 82.1 cm³/mol. The fraction of sp³-hybridized carbons (Fsp3) is 0.812. The zero-order chi connectivity index (χ0) is 14.5. The lowest BCUT2D eigenvalue weighted by Crippen LogP contribution is -2.27. The molecule has 2 unspecified atom stereocenters. The van der Waals surface area contributed by atoms with Crippen LogP contribution in [0, 0.1) is 11.3 Å². The summed E-state index contributed by atoms with van der Waals surface area (Å²) in [6.45, 7) is 12.6. The zero-order valence-corrected chi connectivity index (χ0v) is 13.5. The second-order valence-corrected chi connectivity index (χ2v) is 6.99. The third-order valence-corrected chi connectivity index (χ3v) is 3.46. The van der Waals surface area contributed by atoms with E-state index in [2.05, 4.69) is 51.1 Å². The van der Waals surface area contributed by atoms with Gasteiger partial charge in [-0.05, 0) is 43.2 Å². The summed E-state index contributed by atoms with van der Waals surface area (Å²) >= 11 is 0. The minimum absolute atomic E-state index is 0.404. The molecule has 1 aromatic rings. The van der Waals surface area contributed by atoms with Crippen LogP contribution in [0.25, 0.3) is 0 Å². The highest BCUT2D eigenvalue weighted by atomic mass is 15.3. The number of rotatable bonds is 7. The first-order valence-electron chi connectivity index (χ1n) is 7.54. The molecule has 2 atom stereocenters. The molecular formula is C16H31N3. The van der Waals surface area contributed by atoms with E-state index in [0.29, 0.717) is 17.4 Å². The third kappa shape index (κ3) is 5.77. The molecule has 0 spiro atoms. The van der Waals surface area contributed by atoms with E-state index in [0.717, 1.165) is 6.54 Å². The van der Waals surface area contributed by atoms with Crippen LogP contribution in [-0.2, 0) is 7.05 Å². The highest BCUT2D eigenvalue weighted by Crippen LogP contribution is 2.30. The highest BCUT2D eigenvalue weighted by molar-refractivity contribution is 5.06. The Morgan fingerprint density at radius 3 is 2.53 bits per heavy atom. The molecule has 0 radical (unpaired) electrons. The van der Waals surface area contributed by atoms with Crippen molar-refractivity contribution in [1.82, 2.24) is 15.1 Å². The van der Waals surface area contributed by atoms with Crippen molar-refractivity contribution in [3.8, 4) is 0 Å². The monoisotopic (exact) mass is 265 g/mol. The van der Waals surface area contributed by atoms with Crippen molar-refractivity contribution in [1.29, 1.82) is 0 Å². The van der Waals surface area contributed by atoms with Gasteiger partial charge in [-0.3, -0.25) is 4.68 Å². The van der Waals surface area contributed by atoms with Crippen LogP contribution in [0.4, 0.5) is 0 Å². The van der Waals surface area contributed by atoms with Gasteiger partial charge in [-0.1, -0.05) is 34.6 Å². The van der Waals surface area contributed by atoms with Crippen molar-refractivity contribution in [2.24, 2.45) is 18.4 Å². The summed E-state index contributed by atoms with van der Waals surface area (Å²) in [5.74, 6) is 0.712. The summed E-state index contributed by atoms with van der Waals surface area (Å²) in [5, 5.41) is 7.97. The molecule has 1 rings (SSSR count). The molecular weight excluding hydrogens is 234 g/mol. The molecule has 0 saturated heterocycles. The molecule has 1 aromatic heterocycles. The van der Waals surface area contributed by atoms with Crippen LogP contribution in [-0.4, -0.2) is 16.3 Å². The molecule has 0 aliphatic carbocycles. The first-order chi connectivity index (χ1) is 8.83. The van der Waals surface area contributed by atoms with Gasteiger partial charge in [0.15, 0.2) is 0 Å². The van der Waals surface area contributed by atoms with Crippen molar-refractivity contribution in [2.45, 2.75) is 59.9 Å². The number of nitrogens with zero attached hydrogens (tertiary/aromatic N) is 2. The second-order valence-electron chi connectivity index (χ2n) is 6.99. The second kappa shape index (κ2) is 7.09. The lowest BCUT2D eigenvalue weighted by atomic mass is 9.82. The van der Waals surface area contributed by atoms with Crippen LogP contribution in [0.2, 0.25) is 0 Å². The van der Waals surface area contributed by atoms with Gasteiger partial charge in [0.2, 0.25) is 0 Å². The Balaban J connectivity index is 2.67. The standard InChI is InChI=1S/C16H31N3/c1-7-9-17-14(15-8-10-18-19(15)6)11-13(2)12-16(3,4)5/h8,10,13-14,17H,7,9,11-12H2,1-6H3. The molecule has 1 N–H and O–H groups in total. The van der Waals surface area contributed by atoms with Crippen LogP contribution in [0.1, 0.15) is 65.6 Å². The Labute approximate surface area is 118 Å². The first kappa shape index (κ1) is 16.2. The fourth-order valence-corrected chi connectivity index (χ4v) is 2.88. The van der Waals surface area contributed by atoms with Gasteiger partial charge in [-0.25, -0.2) is 0 Å². The number of hydrogen-bond acceptors (Lipinski definition) is 2.